The summed E-state index contributed by atoms with van der Waals surface area (Å²) >= 11 is 0. The highest BCUT2D eigenvalue weighted by molar-refractivity contribution is 5.81. The van der Waals surface area contributed by atoms with Gasteiger partial charge in [-0.25, -0.2) is 9.59 Å². The minimum absolute atomic E-state index is 0.263. The summed E-state index contributed by atoms with van der Waals surface area (Å²) in [5.41, 5.74) is 1.46. The summed E-state index contributed by atoms with van der Waals surface area (Å²) in [6.07, 6.45) is -0.268. The molecule has 1 unspecified atom stereocenters. The average molecular weight is 337 g/mol. The van der Waals surface area contributed by atoms with Crippen LogP contribution >= 0.6 is 0 Å². The molecule has 0 saturated heterocycles. The summed E-state index contributed by atoms with van der Waals surface area (Å²) in [5, 5.41) is 2.59. The first-order valence-electron chi connectivity index (χ1n) is 8.43. The lowest BCUT2D eigenvalue weighted by atomic mass is 10.0. The van der Waals surface area contributed by atoms with E-state index in [0.29, 0.717) is 6.42 Å². The summed E-state index contributed by atoms with van der Waals surface area (Å²) in [7, 11) is 0. The van der Waals surface area contributed by atoms with Gasteiger partial charge in [0.15, 0.2) is 0 Å². The smallest absolute Gasteiger partial charge is 0.408 e. The van der Waals surface area contributed by atoms with E-state index in [1.165, 1.54) is 0 Å². The van der Waals surface area contributed by atoms with Gasteiger partial charge in [0, 0.05) is 6.42 Å². The summed E-state index contributed by atoms with van der Waals surface area (Å²) < 4.78 is 10.2. The SMILES string of the molecule is CC.CCOC(=O)C(Cc1ccc(C)cc1)NC(=O)OC(C)(C)C. The molecule has 0 bridgehead atoms. The molecule has 0 heterocycles. The van der Waals surface area contributed by atoms with Crippen molar-refractivity contribution in [3.05, 3.63) is 35.4 Å². The van der Waals surface area contributed by atoms with Crippen LogP contribution in [0.15, 0.2) is 24.3 Å². The molecule has 136 valence electrons. The third kappa shape index (κ3) is 9.18. The first-order chi connectivity index (χ1) is 11.2. The number of amides is 1. The Labute approximate surface area is 145 Å². The lowest BCUT2D eigenvalue weighted by Gasteiger charge is -2.23. The number of ether oxygens (including phenoxy) is 2. The van der Waals surface area contributed by atoms with Crippen LogP contribution in [-0.2, 0) is 20.7 Å². The molecule has 1 aromatic rings. The molecular formula is C19H31NO4. The number of esters is 1. The molecule has 0 spiro atoms. The van der Waals surface area contributed by atoms with Crippen molar-refractivity contribution >= 4 is 12.1 Å². The summed E-state index contributed by atoms with van der Waals surface area (Å²) in [5.74, 6) is -0.464. The zero-order valence-electron chi connectivity index (χ0n) is 15.9. The molecule has 0 saturated carbocycles. The van der Waals surface area contributed by atoms with Crippen molar-refractivity contribution < 1.29 is 19.1 Å². The predicted molar refractivity (Wildman–Crippen MR) is 96.0 cm³/mol. The second kappa shape index (κ2) is 10.7. The van der Waals surface area contributed by atoms with Crippen molar-refractivity contribution in [1.29, 1.82) is 0 Å². The van der Waals surface area contributed by atoms with Crippen LogP contribution in [0.25, 0.3) is 0 Å². The second-order valence-corrected chi connectivity index (χ2v) is 6.14. The molecule has 5 heteroatoms. The molecule has 1 aromatic carbocycles. The minimum atomic E-state index is -0.766. The van der Waals surface area contributed by atoms with Crippen molar-refractivity contribution in [2.75, 3.05) is 6.61 Å². The number of hydrogen-bond acceptors (Lipinski definition) is 4. The van der Waals surface area contributed by atoms with Crippen LogP contribution in [0.4, 0.5) is 4.79 Å². The average Bonchev–Trinajstić information content (AvgIpc) is 2.49. The van der Waals surface area contributed by atoms with Crippen LogP contribution in [0.3, 0.4) is 0 Å². The Kier molecular flexibility index (Phi) is 9.77. The molecule has 0 fully saturated rings. The van der Waals surface area contributed by atoms with Crippen LogP contribution in [0.5, 0.6) is 0 Å². The maximum Gasteiger partial charge on any atom is 0.408 e. The van der Waals surface area contributed by atoms with Gasteiger partial charge in [-0.15, -0.1) is 0 Å². The number of rotatable bonds is 5. The molecule has 1 N–H and O–H groups in total. The van der Waals surface area contributed by atoms with Gasteiger partial charge in [0.05, 0.1) is 6.61 Å². The van der Waals surface area contributed by atoms with Crippen LogP contribution in [0.2, 0.25) is 0 Å². The first-order valence-corrected chi connectivity index (χ1v) is 8.43. The fraction of sp³-hybridized carbons (Fsp3) is 0.579. The largest absolute Gasteiger partial charge is 0.464 e. The number of carbonyl (C=O) groups excluding carboxylic acids is 2. The van der Waals surface area contributed by atoms with E-state index in [4.69, 9.17) is 9.47 Å². The second-order valence-electron chi connectivity index (χ2n) is 6.14. The van der Waals surface area contributed by atoms with Gasteiger partial charge in [-0.3, -0.25) is 0 Å². The molecule has 1 amide bonds. The molecule has 0 aromatic heterocycles. The zero-order valence-corrected chi connectivity index (χ0v) is 15.9. The Bertz CT molecular complexity index is 503. The van der Waals surface area contributed by atoms with Gasteiger partial charge in [0.25, 0.3) is 0 Å². The van der Waals surface area contributed by atoms with Crippen molar-refractivity contribution in [3.63, 3.8) is 0 Å². The van der Waals surface area contributed by atoms with E-state index < -0.39 is 23.7 Å². The maximum atomic E-state index is 12.0. The highest BCUT2D eigenvalue weighted by atomic mass is 16.6. The van der Waals surface area contributed by atoms with E-state index in [-0.39, 0.29) is 6.61 Å². The van der Waals surface area contributed by atoms with Gasteiger partial charge in [-0.05, 0) is 40.2 Å². The molecule has 1 atom stereocenters. The Morgan fingerprint density at radius 1 is 1.12 bits per heavy atom. The third-order valence-electron chi connectivity index (χ3n) is 2.82. The number of alkyl carbamates (subject to hydrolysis) is 1. The van der Waals surface area contributed by atoms with Crippen molar-refractivity contribution in [2.24, 2.45) is 0 Å². The third-order valence-corrected chi connectivity index (χ3v) is 2.82. The highest BCUT2D eigenvalue weighted by Crippen LogP contribution is 2.10. The van der Waals surface area contributed by atoms with Crippen LogP contribution in [0.1, 0.15) is 52.7 Å². The fourth-order valence-corrected chi connectivity index (χ4v) is 1.85. The lowest BCUT2D eigenvalue weighted by Crippen LogP contribution is -2.45. The minimum Gasteiger partial charge on any atom is -0.464 e. The van der Waals surface area contributed by atoms with Gasteiger partial charge >= 0.3 is 12.1 Å². The molecule has 0 radical (unpaired) electrons. The molecule has 0 aliphatic rings. The maximum absolute atomic E-state index is 12.0. The Morgan fingerprint density at radius 2 is 1.67 bits per heavy atom. The van der Waals surface area contributed by atoms with Crippen molar-refractivity contribution in [1.82, 2.24) is 5.32 Å². The monoisotopic (exact) mass is 337 g/mol. The van der Waals surface area contributed by atoms with Crippen LogP contribution < -0.4 is 5.32 Å². The quantitative estimate of drug-likeness (QED) is 0.824. The highest BCUT2D eigenvalue weighted by Gasteiger charge is 2.25. The van der Waals surface area contributed by atoms with E-state index in [2.05, 4.69) is 5.32 Å². The van der Waals surface area contributed by atoms with Gasteiger partial charge in [0.2, 0.25) is 0 Å². The molecule has 0 aliphatic carbocycles. The van der Waals surface area contributed by atoms with Gasteiger partial charge < -0.3 is 14.8 Å². The normalized spacial score (nSPS) is 11.6. The summed E-state index contributed by atoms with van der Waals surface area (Å²) in [4.78, 5) is 23.9. The van der Waals surface area contributed by atoms with Crippen molar-refractivity contribution in [2.45, 2.75) is 66.5 Å². The molecule has 24 heavy (non-hydrogen) atoms. The van der Waals surface area contributed by atoms with E-state index >= 15 is 0 Å². The topological polar surface area (TPSA) is 64.6 Å². The van der Waals surface area contributed by atoms with Gasteiger partial charge in [-0.2, -0.15) is 0 Å². The number of aryl methyl sites for hydroxylation is 1. The van der Waals surface area contributed by atoms with E-state index in [9.17, 15) is 9.59 Å². The Hall–Kier alpha value is -2.04. The van der Waals surface area contributed by atoms with Crippen LogP contribution in [-0.4, -0.2) is 30.3 Å². The zero-order chi connectivity index (χ0) is 18.8. The molecule has 0 aliphatic heterocycles. The molecule has 5 nitrogen and oxygen atoms in total. The van der Waals surface area contributed by atoms with Crippen LogP contribution in [0, 0.1) is 6.92 Å². The standard InChI is InChI=1S/C17H25NO4.C2H6/c1-6-21-15(19)14(18-16(20)22-17(3,4)5)11-13-9-7-12(2)8-10-13;1-2/h7-10,14H,6,11H2,1-5H3,(H,18,20);1-2H3. The number of hydrogen-bond donors (Lipinski definition) is 1. The molecule has 1 rings (SSSR count). The fourth-order valence-electron chi connectivity index (χ4n) is 1.85. The summed E-state index contributed by atoms with van der Waals surface area (Å²) in [6, 6.07) is 7.02. The van der Waals surface area contributed by atoms with Gasteiger partial charge in [-0.1, -0.05) is 43.7 Å². The van der Waals surface area contributed by atoms with E-state index in [1.807, 2.05) is 45.0 Å². The molecular weight excluding hydrogens is 306 g/mol. The lowest BCUT2D eigenvalue weighted by molar-refractivity contribution is -0.145. The van der Waals surface area contributed by atoms with Crippen molar-refractivity contribution in [3.8, 4) is 0 Å². The number of benzene rings is 1. The Morgan fingerprint density at radius 3 is 2.12 bits per heavy atom. The predicted octanol–water partition coefficient (Wildman–Crippen LogP) is 4.02. The number of carbonyl (C=O) groups is 2. The Balaban J connectivity index is 0.00000254. The summed E-state index contributed by atoms with van der Waals surface area (Å²) in [6.45, 7) is 13.3. The van der Waals surface area contributed by atoms with E-state index in [0.717, 1.165) is 11.1 Å². The van der Waals surface area contributed by atoms with Gasteiger partial charge in [0.1, 0.15) is 11.6 Å². The first kappa shape index (κ1) is 22.0. The number of nitrogens with one attached hydrogen (secondary N) is 1. The van der Waals surface area contributed by atoms with E-state index in [1.54, 1.807) is 27.7 Å².